The van der Waals surface area contributed by atoms with Gasteiger partial charge < -0.3 is 10.4 Å². The van der Waals surface area contributed by atoms with Crippen LogP contribution in [0.25, 0.3) is 0 Å². The van der Waals surface area contributed by atoms with Crippen molar-refractivity contribution in [3.63, 3.8) is 0 Å². The van der Waals surface area contributed by atoms with Gasteiger partial charge in [-0.25, -0.2) is 9.78 Å². The summed E-state index contributed by atoms with van der Waals surface area (Å²) in [6, 6.07) is 0. The molecule has 1 aromatic heterocycles. The Kier molecular flexibility index (Phi) is 3.09. The Hall–Kier alpha value is -1.43. The van der Waals surface area contributed by atoms with E-state index in [0.29, 0.717) is 4.88 Å². The van der Waals surface area contributed by atoms with Crippen LogP contribution in [0, 0.1) is 6.92 Å². The predicted molar refractivity (Wildman–Crippen MR) is 56.0 cm³/mol. The number of carboxylic acid groups (broad SMARTS) is 1. The van der Waals surface area contributed by atoms with Gasteiger partial charge in [-0.2, -0.15) is 0 Å². The lowest BCUT2D eigenvalue weighted by atomic mass is 10.1. The Labute approximate surface area is 91.1 Å². The lowest BCUT2D eigenvalue weighted by Gasteiger charge is -2.20. The minimum absolute atomic E-state index is 0.409. The van der Waals surface area contributed by atoms with E-state index in [-0.39, 0.29) is 0 Å². The summed E-state index contributed by atoms with van der Waals surface area (Å²) in [4.78, 5) is 26.7. The molecule has 0 aliphatic rings. The Balaban J connectivity index is 2.76. The van der Waals surface area contributed by atoms with Gasteiger partial charge in [-0.15, -0.1) is 11.3 Å². The van der Waals surface area contributed by atoms with Crippen molar-refractivity contribution in [3.05, 3.63) is 16.1 Å². The third kappa shape index (κ3) is 2.76. The number of hydrogen-bond acceptors (Lipinski definition) is 4. The largest absolute Gasteiger partial charge is 0.480 e. The van der Waals surface area contributed by atoms with Crippen LogP contribution < -0.4 is 5.32 Å². The van der Waals surface area contributed by atoms with Crippen LogP contribution in [0.3, 0.4) is 0 Å². The zero-order chi connectivity index (χ0) is 11.6. The minimum Gasteiger partial charge on any atom is -0.480 e. The molecule has 1 amide bonds. The molecule has 6 heteroatoms. The van der Waals surface area contributed by atoms with Crippen molar-refractivity contribution in [2.45, 2.75) is 26.3 Å². The highest BCUT2D eigenvalue weighted by Gasteiger charge is 2.29. The third-order valence-electron chi connectivity index (χ3n) is 1.81. The number of aryl methyl sites for hydroxylation is 1. The molecule has 0 saturated carbocycles. The van der Waals surface area contributed by atoms with Gasteiger partial charge in [0.05, 0.1) is 11.2 Å². The molecule has 5 nitrogen and oxygen atoms in total. The molecule has 0 spiro atoms. The van der Waals surface area contributed by atoms with Gasteiger partial charge in [-0.1, -0.05) is 0 Å². The number of thiazole rings is 1. The highest BCUT2D eigenvalue weighted by Crippen LogP contribution is 2.13. The van der Waals surface area contributed by atoms with Gasteiger partial charge in [0.25, 0.3) is 5.91 Å². The highest BCUT2D eigenvalue weighted by atomic mass is 32.1. The van der Waals surface area contributed by atoms with Crippen LogP contribution in [-0.2, 0) is 4.79 Å². The molecule has 0 saturated heterocycles. The molecular weight excluding hydrogens is 216 g/mol. The van der Waals surface area contributed by atoms with Gasteiger partial charge in [-0.3, -0.25) is 4.79 Å². The van der Waals surface area contributed by atoms with E-state index in [9.17, 15) is 9.59 Å². The molecule has 1 rings (SSSR count). The number of carbonyl (C=O) groups is 2. The maximum Gasteiger partial charge on any atom is 0.328 e. The topological polar surface area (TPSA) is 79.3 Å². The van der Waals surface area contributed by atoms with Crippen LogP contribution in [0.1, 0.15) is 28.5 Å². The van der Waals surface area contributed by atoms with E-state index in [4.69, 9.17) is 5.11 Å². The molecule has 0 aromatic carbocycles. The summed E-state index contributed by atoms with van der Waals surface area (Å²) in [5.74, 6) is -1.48. The highest BCUT2D eigenvalue weighted by molar-refractivity contribution is 7.13. The van der Waals surface area contributed by atoms with Gasteiger partial charge in [0.1, 0.15) is 10.4 Å². The Bertz CT molecular complexity index is 398. The van der Waals surface area contributed by atoms with Crippen LogP contribution in [0.2, 0.25) is 0 Å². The second-order valence-corrected chi connectivity index (χ2v) is 4.86. The normalized spacial score (nSPS) is 11.1. The first kappa shape index (κ1) is 11.6. The maximum atomic E-state index is 11.6. The number of aromatic nitrogens is 1. The summed E-state index contributed by atoms with van der Waals surface area (Å²) in [5, 5.41) is 12.0. The molecule has 0 aliphatic carbocycles. The zero-order valence-corrected chi connectivity index (χ0v) is 9.51. The van der Waals surface area contributed by atoms with Crippen molar-refractivity contribution in [1.82, 2.24) is 10.3 Å². The Morgan fingerprint density at radius 2 is 2.13 bits per heavy atom. The molecule has 0 aliphatic heterocycles. The van der Waals surface area contributed by atoms with E-state index >= 15 is 0 Å². The van der Waals surface area contributed by atoms with Gasteiger partial charge in [0.2, 0.25) is 0 Å². The number of nitrogens with zero attached hydrogens (tertiary/aromatic N) is 1. The van der Waals surface area contributed by atoms with E-state index in [1.807, 2.05) is 0 Å². The molecule has 0 unspecified atom stereocenters. The molecule has 0 fully saturated rings. The molecule has 1 heterocycles. The van der Waals surface area contributed by atoms with Crippen molar-refractivity contribution in [1.29, 1.82) is 0 Å². The maximum absolute atomic E-state index is 11.6. The fraction of sp³-hybridized carbons (Fsp3) is 0.444. The molecule has 15 heavy (non-hydrogen) atoms. The summed E-state index contributed by atoms with van der Waals surface area (Å²) in [6.45, 7) is 4.64. The standard InChI is InChI=1S/C9H12N2O3S/c1-5-10-4-6(15-5)7(12)11-9(2,3)8(13)14/h4H,1-3H3,(H,11,12)(H,13,14). The number of rotatable bonds is 3. The molecule has 0 radical (unpaired) electrons. The summed E-state index contributed by atoms with van der Waals surface area (Å²) in [7, 11) is 0. The lowest BCUT2D eigenvalue weighted by Crippen LogP contribution is -2.49. The van der Waals surface area contributed by atoms with E-state index in [0.717, 1.165) is 5.01 Å². The number of aliphatic carboxylic acids is 1. The molecule has 1 aromatic rings. The number of carbonyl (C=O) groups excluding carboxylic acids is 1. The molecular formula is C9H12N2O3S. The zero-order valence-electron chi connectivity index (χ0n) is 8.70. The number of hydrogen-bond donors (Lipinski definition) is 2. The van der Waals surface area contributed by atoms with Gasteiger partial charge >= 0.3 is 5.97 Å². The van der Waals surface area contributed by atoms with Crippen LogP contribution in [0.15, 0.2) is 6.20 Å². The molecule has 82 valence electrons. The molecule has 0 bridgehead atoms. The second kappa shape index (κ2) is 3.98. The first-order valence-corrected chi connectivity index (χ1v) is 5.13. The number of nitrogens with one attached hydrogen (secondary N) is 1. The summed E-state index contributed by atoms with van der Waals surface area (Å²) in [6.07, 6.45) is 1.44. The minimum atomic E-state index is -1.27. The second-order valence-electron chi connectivity index (χ2n) is 3.63. The molecule has 0 atom stereocenters. The Morgan fingerprint density at radius 3 is 2.53 bits per heavy atom. The smallest absolute Gasteiger partial charge is 0.328 e. The van der Waals surface area contributed by atoms with Gasteiger partial charge in [0.15, 0.2) is 0 Å². The Morgan fingerprint density at radius 1 is 1.53 bits per heavy atom. The van der Waals surface area contributed by atoms with Gasteiger partial charge in [0, 0.05) is 0 Å². The van der Waals surface area contributed by atoms with Crippen LogP contribution in [0.5, 0.6) is 0 Å². The van der Waals surface area contributed by atoms with Crippen molar-refractivity contribution in [2.24, 2.45) is 0 Å². The van der Waals surface area contributed by atoms with Crippen LogP contribution in [-0.4, -0.2) is 27.5 Å². The van der Waals surface area contributed by atoms with Crippen molar-refractivity contribution in [3.8, 4) is 0 Å². The van der Waals surface area contributed by atoms with E-state index < -0.39 is 17.4 Å². The average molecular weight is 228 g/mol. The summed E-state index contributed by atoms with van der Waals surface area (Å²) in [5.41, 5.74) is -1.27. The van der Waals surface area contributed by atoms with E-state index in [1.54, 1.807) is 6.92 Å². The quantitative estimate of drug-likeness (QED) is 0.810. The van der Waals surface area contributed by atoms with Crippen LogP contribution >= 0.6 is 11.3 Å². The summed E-state index contributed by atoms with van der Waals surface area (Å²) >= 11 is 1.23. The summed E-state index contributed by atoms with van der Waals surface area (Å²) < 4.78 is 0. The van der Waals surface area contributed by atoms with Crippen molar-refractivity contribution >= 4 is 23.2 Å². The fourth-order valence-corrected chi connectivity index (χ4v) is 1.54. The predicted octanol–water partition coefficient (Wildman–Crippen LogP) is 1.04. The first-order chi connectivity index (χ1) is 6.83. The SMILES string of the molecule is Cc1ncc(C(=O)NC(C)(C)C(=O)O)s1. The van der Waals surface area contributed by atoms with Crippen molar-refractivity contribution in [2.75, 3.05) is 0 Å². The van der Waals surface area contributed by atoms with E-state index in [1.165, 1.54) is 31.4 Å². The van der Waals surface area contributed by atoms with Crippen molar-refractivity contribution < 1.29 is 14.7 Å². The van der Waals surface area contributed by atoms with E-state index in [2.05, 4.69) is 10.3 Å². The first-order valence-electron chi connectivity index (χ1n) is 4.31. The monoisotopic (exact) mass is 228 g/mol. The molecule has 2 N–H and O–H groups in total. The van der Waals surface area contributed by atoms with Crippen LogP contribution in [0.4, 0.5) is 0 Å². The fourth-order valence-electron chi connectivity index (χ4n) is 0.865. The number of carboxylic acids is 1. The lowest BCUT2D eigenvalue weighted by molar-refractivity contribution is -0.143. The number of amides is 1. The average Bonchev–Trinajstić information content (AvgIpc) is 2.50. The third-order valence-corrected chi connectivity index (χ3v) is 2.72. The van der Waals surface area contributed by atoms with Gasteiger partial charge in [-0.05, 0) is 20.8 Å².